The Hall–Kier alpha value is -3.21. The summed E-state index contributed by atoms with van der Waals surface area (Å²) >= 11 is 0. The number of hydrogen-bond acceptors (Lipinski definition) is 3. The summed E-state index contributed by atoms with van der Waals surface area (Å²) in [6.45, 7) is 2.51. The third-order valence-electron chi connectivity index (χ3n) is 4.81. The summed E-state index contributed by atoms with van der Waals surface area (Å²) in [6, 6.07) is 19.8. The quantitative estimate of drug-likeness (QED) is 0.584. The van der Waals surface area contributed by atoms with E-state index in [9.17, 15) is 8.78 Å². The molecule has 0 amide bonds. The molecule has 0 radical (unpaired) electrons. The molecule has 0 aliphatic carbocycles. The van der Waals surface area contributed by atoms with Crippen LogP contribution in [0.5, 0.6) is 5.75 Å². The molecule has 29 heavy (non-hydrogen) atoms. The van der Waals surface area contributed by atoms with Crippen LogP contribution in [0.25, 0.3) is 0 Å². The molecule has 1 atom stereocenters. The molecule has 1 heterocycles. The molecule has 0 aromatic heterocycles. The Balaban J connectivity index is 1.40. The van der Waals surface area contributed by atoms with E-state index in [1.165, 1.54) is 29.3 Å². The van der Waals surface area contributed by atoms with E-state index in [-0.39, 0.29) is 30.7 Å². The maximum Gasteiger partial charge on any atom is 0.222 e. The lowest BCUT2D eigenvalue weighted by molar-refractivity contribution is 0.241. The van der Waals surface area contributed by atoms with Gasteiger partial charge in [0.05, 0.1) is 0 Å². The van der Waals surface area contributed by atoms with Gasteiger partial charge in [-0.2, -0.15) is 0 Å². The number of benzene rings is 3. The molecular formula is C24H21F2NO2. The highest BCUT2D eigenvalue weighted by Crippen LogP contribution is 2.23. The molecule has 148 valence electrons. The first-order chi connectivity index (χ1) is 14.1. The second-order valence-corrected chi connectivity index (χ2v) is 7.07. The molecule has 0 spiro atoms. The van der Waals surface area contributed by atoms with E-state index in [0.717, 1.165) is 17.7 Å². The smallest absolute Gasteiger partial charge is 0.222 e. The highest BCUT2D eigenvalue weighted by Gasteiger charge is 2.25. The third-order valence-corrected chi connectivity index (χ3v) is 4.81. The molecule has 0 fully saturated rings. The minimum Gasteiger partial charge on any atom is -0.491 e. The average molecular weight is 393 g/mol. The van der Waals surface area contributed by atoms with Gasteiger partial charge in [0.25, 0.3) is 0 Å². The predicted molar refractivity (Wildman–Crippen MR) is 109 cm³/mol. The molecule has 0 bridgehead atoms. The average Bonchev–Trinajstić information content (AvgIpc) is 3.16. The lowest BCUT2D eigenvalue weighted by atomic mass is 10.0. The van der Waals surface area contributed by atoms with Crippen molar-refractivity contribution in [3.8, 4) is 5.75 Å². The van der Waals surface area contributed by atoms with Crippen LogP contribution >= 0.6 is 0 Å². The van der Waals surface area contributed by atoms with E-state index in [1.54, 1.807) is 0 Å². The van der Waals surface area contributed by atoms with Crippen molar-refractivity contribution in [2.24, 2.45) is 4.99 Å². The summed E-state index contributed by atoms with van der Waals surface area (Å²) in [5, 5.41) is 0. The zero-order valence-corrected chi connectivity index (χ0v) is 16.1. The summed E-state index contributed by atoms with van der Waals surface area (Å²) in [4.78, 5) is 4.29. The molecule has 4 rings (SSSR count). The van der Waals surface area contributed by atoms with Crippen molar-refractivity contribution in [2.75, 3.05) is 13.2 Å². The lowest BCUT2D eigenvalue weighted by Gasteiger charge is -2.12. The van der Waals surface area contributed by atoms with Crippen LogP contribution in [0.3, 0.4) is 0 Å². The molecule has 3 aromatic rings. The largest absolute Gasteiger partial charge is 0.491 e. The first-order valence-electron chi connectivity index (χ1n) is 9.51. The highest BCUT2D eigenvalue weighted by atomic mass is 19.1. The number of rotatable bonds is 6. The maximum atomic E-state index is 13.9. The van der Waals surface area contributed by atoms with Crippen molar-refractivity contribution in [1.82, 2.24) is 0 Å². The minimum absolute atomic E-state index is 0.0101. The molecule has 1 aliphatic rings. The predicted octanol–water partition coefficient (Wildman–Crippen LogP) is 5.09. The van der Waals surface area contributed by atoms with Gasteiger partial charge >= 0.3 is 0 Å². The SMILES string of the molecule is Cc1cc(Cc2ccccc2)ccc1OCC1COC(c2c(F)cccc2F)=N1. The molecule has 3 aromatic carbocycles. The van der Waals surface area contributed by atoms with Crippen LogP contribution in [-0.2, 0) is 11.2 Å². The van der Waals surface area contributed by atoms with E-state index >= 15 is 0 Å². The van der Waals surface area contributed by atoms with E-state index in [2.05, 4.69) is 23.2 Å². The van der Waals surface area contributed by atoms with Crippen molar-refractivity contribution in [3.05, 3.63) is 101 Å². The maximum absolute atomic E-state index is 13.9. The Labute approximate surface area is 168 Å². The standard InChI is InChI=1S/C24H21F2NO2/c1-16-12-18(13-17-6-3-2-4-7-17)10-11-22(16)28-14-19-15-29-24(27-19)23-20(25)8-5-9-21(23)26/h2-12,19H,13-15H2,1H3. The number of nitrogens with zero attached hydrogens (tertiary/aromatic N) is 1. The zero-order chi connectivity index (χ0) is 20.2. The molecule has 0 saturated heterocycles. The fraction of sp³-hybridized carbons (Fsp3) is 0.208. The molecular weight excluding hydrogens is 372 g/mol. The van der Waals surface area contributed by atoms with E-state index in [1.807, 2.05) is 37.3 Å². The van der Waals surface area contributed by atoms with Gasteiger partial charge in [0.15, 0.2) is 0 Å². The van der Waals surface area contributed by atoms with E-state index in [4.69, 9.17) is 9.47 Å². The monoisotopic (exact) mass is 393 g/mol. The number of aryl methyl sites for hydroxylation is 1. The summed E-state index contributed by atoms with van der Waals surface area (Å²) < 4.78 is 39.1. The second kappa shape index (κ2) is 8.43. The Morgan fingerprint density at radius 1 is 0.966 bits per heavy atom. The van der Waals surface area contributed by atoms with Gasteiger partial charge < -0.3 is 9.47 Å². The summed E-state index contributed by atoms with van der Waals surface area (Å²) in [6.07, 6.45) is 0.861. The second-order valence-electron chi connectivity index (χ2n) is 7.07. The number of aliphatic imine (C=N–C) groups is 1. The summed E-state index contributed by atoms with van der Waals surface area (Å²) in [7, 11) is 0. The van der Waals surface area contributed by atoms with Crippen LogP contribution in [0.2, 0.25) is 0 Å². The van der Waals surface area contributed by atoms with Gasteiger partial charge in [0.1, 0.15) is 42.2 Å². The normalized spacial score (nSPS) is 15.7. The van der Waals surface area contributed by atoms with E-state index in [0.29, 0.717) is 0 Å². The van der Waals surface area contributed by atoms with Gasteiger partial charge in [-0.3, -0.25) is 0 Å². The van der Waals surface area contributed by atoms with Gasteiger partial charge in [0, 0.05) is 0 Å². The number of halogens is 2. The number of ether oxygens (including phenoxy) is 2. The Morgan fingerprint density at radius 2 is 1.72 bits per heavy atom. The molecule has 1 unspecified atom stereocenters. The van der Waals surface area contributed by atoms with Crippen LogP contribution in [0.1, 0.15) is 22.3 Å². The van der Waals surface area contributed by atoms with Gasteiger partial charge in [0.2, 0.25) is 5.90 Å². The zero-order valence-electron chi connectivity index (χ0n) is 16.1. The van der Waals surface area contributed by atoms with Crippen molar-refractivity contribution >= 4 is 5.90 Å². The van der Waals surface area contributed by atoms with E-state index < -0.39 is 11.6 Å². The Morgan fingerprint density at radius 3 is 2.45 bits per heavy atom. The summed E-state index contributed by atoms with van der Waals surface area (Å²) in [5.74, 6) is -0.614. The minimum atomic E-state index is -0.685. The molecule has 0 N–H and O–H groups in total. The van der Waals surface area contributed by atoms with Crippen LogP contribution in [0.15, 0.2) is 71.7 Å². The van der Waals surface area contributed by atoms with Crippen LogP contribution in [-0.4, -0.2) is 25.2 Å². The summed E-state index contributed by atoms with van der Waals surface area (Å²) in [5.41, 5.74) is 3.27. The Kier molecular flexibility index (Phi) is 5.56. The fourth-order valence-corrected chi connectivity index (χ4v) is 3.34. The molecule has 0 saturated carbocycles. The lowest BCUT2D eigenvalue weighted by Crippen LogP contribution is -2.17. The molecule has 3 nitrogen and oxygen atoms in total. The van der Waals surface area contributed by atoms with Gasteiger partial charge in [-0.25, -0.2) is 13.8 Å². The third kappa shape index (κ3) is 4.45. The molecule has 5 heteroatoms. The fourth-order valence-electron chi connectivity index (χ4n) is 3.34. The van der Waals surface area contributed by atoms with Crippen molar-refractivity contribution in [1.29, 1.82) is 0 Å². The first kappa shape index (κ1) is 19.1. The van der Waals surface area contributed by atoms with Crippen molar-refractivity contribution in [2.45, 2.75) is 19.4 Å². The van der Waals surface area contributed by atoms with Crippen molar-refractivity contribution < 1.29 is 18.3 Å². The van der Waals surface area contributed by atoms with Gasteiger partial charge in [-0.15, -0.1) is 0 Å². The Bertz CT molecular complexity index is 1010. The van der Waals surface area contributed by atoms with Crippen molar-refractivity contribution in [3.63, 3.8) is 0 Å². The topological polar surface area (TPSA) is 30.8 Å². The molecule has 1 aliphatic heterocycles. The van der Waals surface area contributed by atoms with Gasteiger partial charge in [-0.1, -0.05) is 48.5 Å². The van der Waals surface area contributed by atoms with Crippen LogP contribution < -0.4 is 4.74 Å². The first-order valence-corrected chi connectivity index (χ1v) is 9.51. The van der Waals surface area contributed by atoms with Crippen LogP contribution in [0.4, 0.5) is 8.78 Å². The number of hydrogen-bond donors (Lipinski definition) is 0. The van der Waals surface area contributed by atoms with Gasteiger partial charge in [-0.05, 0) is 48.2 Å². The highest BCUT2D eigenvalue weighted by molar-refractivity contribution is 5.95. The van der Waals surface area contributed by atoms with Crippen LogP contribution in [0, 0.1) is 18.6 Å².